The fraction of sp³-hybridized carbons (Fsp3) is 0.143. The summed E-state index contributed by atoms with van der Waals surface area (Å²) in [6, 6.07) is 23.4. The Bertz CT molecular complexity index is 1320. The van der Waals surface area contributed by atoms with Crippen LogP contribution in [-0.2, 0) is 24.6 Å². The molecular weight excluding hydrogens is 544 g/mol. The van der Waals surface area contributed by atoms with Gasteiger partial charge in [-0.3, -0.25) is 9.78 Å². The van der Waals surface area contributed by atoms with Crippen LogP contribution in [0.1, 0.15) is 16.7 Å². The number of nitrogens with one attached hydrogen (secondary N) is 1. The lowest BCUT2D eigenvalue weighted by Gasteiger charge is -2.17. The molecule has 0 aliphatic heterocycles. The van der Waals surface area contributed by atoms with Gasteiger partial charge in [0.2, 0.25) is 0 Å². The fourth-order valence-corrected chi connectivity index (χ4v) is 4.44. The number of nitrogens with zero attached hydrogens (tertiary/aromatic N) is 1. The highest BCUT2D eigenvalue weighted by Gasteiger charge is 2.14. The third-order valence-electron chi connectivity index (χ3n) is 5.37. The molecule has 0 saturated carbocycles. The monoisotopic (exact) mass is 566 g/mol. The maximum absolute atomic E-state index is 10.9. The third-order valence-corrected chi connectivity index (χ3v) is 6.60. The zero-order valence-electron chi connectivity index (χ0n) is 19.3. The first kappa shape index (κ1) is 25.7. The molecular formula is C28H24BrClN2O4. The van der Waals surface area contributed by atoms with Gasteiger partial charge in [-0.05, 0) is 39.2 Å². The second-order valence-corrected chi connectivity index (χ2v) is 9.17. The molecule has 184 valence electrons. The zero-order valence-corrected chi connectivity index (χ0v) is 21.6. The number of aromatic nitrogens is 1. The second-order valence-electron chi connectivity index (χ2n) is 7.97. The normalized spacial score (nSPS) is 10.7. The Kier molecular flexibility index (Phi) is 8.95. The number of rotatable bonds is 11. The molecule has 1 aromatic heterocycles. The SMILES string of the molecule is O=C(O)CNCc1cc(Cl)c(OCc2cccc(-c3ccccc3)c2Br)cc1OCc1cccnc1. The summed E-state index contributed by atoms with van der Waals surface area (Å²) in [5, 5.41) is 12.2. The van der Waals surface area contributed by atoms with E-state index >= 15 is 0 Å². The highest BCUT2D eigenvalue weighted by atomic mass is 79.9. The van der Waals surface area contributed by atoms with Gasteiger partial charge in [-0.15, -0.1) is 0 Å². The number of carboxylic acid groups (broad SMARTS) is 1. The molecule has 0 saturated heterocycles. The smallest absolute Gasteiger partial charge is 0.317 e. The van der Waals surface area contributed by atoms with Crippen molar-refractivity contribution < 1.29 is 19.4 Å². The van der Waals surface area contributed by atoms with Gasteiger partial charge in [-0.1, -0.05) is 66.2 Å². The van der Waals surface area contributed by atoms with Gasteiger partial charge in [0.1, 0.15) is 24.7 Å². The van der Waals surface area contributed by atoms with Crippen molar-refractivity contribution in [3.05, 3.63) is 111 Å². The van der Waals surface area contributed by atoms with Crippen LogP contribution in [0.4, 0.5) is 0 Å². The number of carboxylic acids is 1. The van der Waals surface area contributed by atoms with Gasteiger partial charge in [-0.25, -0.2) is 0 Å². The van der Waals surface area contributed by atoms with Crippen molar-refractivity contribution in [1.29, 1.82) is 0 Å². The van der Waals surface area contributed by atoms with E-state index in [1.807, 2.05) is 42.5 Å². The molecule has 4 aromatic rings. The van der Waals surface area contributed by atoms with E-state index in [1.165, 1.54) is 0 Å². The Morgan fingerprint density at radius 2 is 1.75 bits per heavy atom. The molecule has 8 heteroatoms. The summed E-state index contributed by atoms with van der Waals surface area (Å²) in [5.41, 5.74) is 4.78. The van der Waals surface area contributed by atoms with Crippen molar-refractivity contribution in [2.75, 3.05) is 6.54 Å². The summed E-state index contributed by atoms with van der Waals surface area (Å²) in [7, 11) is 0. The van der Waals surface area contributed by atoms with Gasteiger partial charge in [0.15, 0.2) is 0 Å². The van der Waals surface area contributed by atoms with E-state index in [-0.39, 0.29) is 13.1 Å². The van der Waals surface area contributed by atoms with Crippen LogP contribution >= 0.6 is 27.5 Å². The zero-order chi connectivity index (χ0) is 25.3. The summed E-state index contributed by atoms with van der Waals surface area (Å²) < 4.78 is 13.1. The maximum atomic E-state index is 10.9. The quantitative estimate of drug-likeness (QED) is 0.215. The van der Waals surface area contributed by atoms with Crippen LogP contribution in [0.15, 0.2) is 89.7 Å². The fourth-order valence-electron chi connectivity index (χ4n) is 3.60. The molecule has 0 amide bonds. The van der Waals surface area contributed by atoms with Gasteiger partial charge in [0.05, 0.1) is 11.6 Å². The summed E-state index contributed by atoms with van der Waals surface area (Å²) in [5.74, 6) is 0.0762. The number of ether oxygens (including phenoxy) is 2. The van der Waals surface area contributed by atoms with E-state index in [9.17, 15) is 4.79 Å². The van der Waals surface area contributed by atoms with E-state index < -0.39 is 5.97 Å². The molecule has 0 spiro atoms. The minimum atomic E-state index is -0.942. The van der Waals surface area contributed by atoms with Crippen LogP contribution in [0, 0.1) is 0 Å². The number of aliphatic carboxylic acids is 1. The lowest BCUT2D eigenvalue weighted by Crippen LogP contribution is -2.22. The van der Waals surface area contributed by atoms with Crippen LogP contribution in [0.3, 0.4) is 0 Å². The number of halogens is 2. The molecule has 0 fully saturated rings. The molecule has 2 N–H and O–H groups in total. The number of carbonyl (C=O) groups is 1. The summed E-state index contributed by atoms with van der Waals surface area (Å²) in [4.78, 5) is 15.0. The van der Waals surface area contributed by atoms with Crippen LogP contribution in [0.25, 0.3) is 11.1 Å². The van der Waals surface area contributed by atoms with Crippen molar-refractivity contribution >= 4 is 33.5 Å². The third kappa shape index (κ3) is 6.85. The maximum Gasteiger partial charge on any atom is 0.317 e. The van der Waals surface area contributed by atoms with Gasteiger partial charge in [-0.2, -0.15) is 0 Å². The molecule has 36 heavy (non-hydrogen) atoms. The Labute approximate surface area is 223 Å². The van der Waals surface area contributed by atoms with Crippen LogP contribution < -0.4 is 14.8 Å². The minimum Gasteiger partial charge on any atom is -0.488 e. The van der Waals surface area contributed by atoms with Crippen molar-refractivity contribution in [2.45, 2.75) is 19.8 Å². The second kappa shape index (κ2) is 12.5. The Hall–Kier alpha value is -3.39. The predicted molar refractivity (Wildman–Crippen MR) is 143 cm³/mol. The van der Waals surface area contributed by atoms with E-state index in [0.717, 1.165) is 32.3 Å². The van der Waals surface area contributed by atoms with Crippen molar-refractivity contribution in [1.82, 2.24) is 10.3 Å². The first-order valence-corrected chi connectivity index (χ1v) is 12.4. The summed E-state index contributed by atoms with van der Waals surface area (Å²) >= 11 is 10.3. The summed E-state index contributed by atoms with van der Waals surface area (Å²) in [6.07, 6.45) is 3.43. The first-order valence-electron chi connectivity index (χ1n) is 11.2. The van der Waals surface area contributed by atoms with E-state index in [2.05, 4.69) is 44.4 Å². The van der Waals surface area contributed by atoms with Gasteiger partial charge in [0, 0.05) is 46.2 Å². The summed E-state index contributed by atoms with van der Waals surface area (Å²) in [6.45, 7) is 0.689. The molecule has 1 heterocycles. The first-order chi connectivity index (χ1) is 17.5. The highest BCUT2D eigenvalue weighted by Crippen LogP contribution is 2.36. The van der Waals surface area contributed by atoms with E-state index in [0.29, 0.717) is 29.7 Å². The Balaban J connectivity index is 1.54. The molecule has 4 rings (SSSR count). The number of benzene rings is 3. The average Bonchev–Trinajstić information content (AvgIpc) is 2.89. The van der Waals surface area contributed by atoms with Crippen molar-refractivity contribution in [3.8, 4) is 22.6 Å². The topological polar surface area (TPSA) is 80.7 Å². The average molecular weight is 568 g/mol. The Morgan fingerprint density at radius 3 is 2.50 bits per heavy atom. The number of hydrogen-bond donors (Lipinski definition) is 2. The highest BCUT2D eigenvalue weighted by molar-refractivity contribution is 9.10. The van der Waals surface area contributed by atoms with Crippen LogP contribution in [0.2, 0.25) is 5.02 Å². The van der Waals surface area contributed by atoms with E-state index in [4.69, 9.17) is 26.2 Å². The molecule has 0 unspecified atom stereocenters. The van der Waals surface area contributed by atoms with Crippen LogP contribution in [0.5, 0.6) is 11.5 Å². The lowest BCUT2D eigenvalue weighted by molar-refractivity contribution is -0.136. The predicted octanol–water partition coefficient (Wildman–Crippen LogP) is 6.50. The molecule has 0 aliphatic carbocycles. The molecule has 0 radical (unpaired) electrons. The molecule has 3 aromatic carbocycles. The van der Waals surface area contributed by atoms with E-state index in [1.54, 1.807) is 24.5 Å². The van der Waals surface area contributed by atoms with Crippen molar-refractivity contribution in [3.63, 3.8) is 0 Å². The largest absolute Gasteiger partial charge is 0.488 e. The molecule has 0 atom stereocenters. The number of hydrogen-bond acceptors (Lipinski definition) is 5. The number of pyridine rings is 1. The Morgan fingerprint density at radius 1 is 0.944 bits per heavy atom. The molecule has 0 aliphatic rings. The molecule has 6 nitrogen and oxygen atoms in total. The van der Waals surface area contributed by atoms with Crippen molar-refractivity contribution in [2.24, 2.45) is 0 Å². The van der Waals surface area contributed by atoms with Crippen LogP contribution in [-0.4, -0.2) is 22.6 Å². The lowest BCUT2D eigenvalue weighted by atomic mass is 10.0. The van der Waals surface area contributed by atoms with Gasteiger partial charge >= 0.3 is 5.97 Å². The van der Waals surface area contributed by atoms with Gasteiger partial charge < -0.3 is 19.9 Å². The van der Waals surface area contributed by atoms with Gasteiger partial charge in [0.25, 0.3) is 0 Å². The minimum absolute atomic E-state index is 0.177. The molecule has 0 bridgehead atoms. The standard InChI is InChI=1S/C28H24BrClN2O4/c29-28-21(9-4-10-23(28)20-7-2-1-3-8-20)18-36-26-13-25(35-17-19-6-5-11-31-14-19)22(12-24(26)30)15-32-16-27(33)34/h1-14,32H,15-18H2,(H,33,34).